The summed E-state index contributed by atoms with van der Waals surface area (Å²) in [5, 5.41) is 2.98. The first kappa shape index (κ1) is 19.1. The number of unbranched alkanes of at least 4 members (excludes halogenated alkanes) is 1. The van der Waals surface area contributed by atoms with Crippen LogP contribution in [0.3, 0.4) is 0 Å². The lowest BCUT2D eigenvalue weighted by Crippen LogP contribution is -2.51. The van der Waals surface area contributed by atoms with Gasteiger partial charge < -0.3 is 19.9 Å². The van der Waals surface area contributed by atoms with Crippen LogP contribution in [0.4, 0.5) is 15.3 Å². The minimum Gasteiger partial charge on any atom is -0.450 e. The summed E-state index contributed by atoms with van der Waals surface area (Å²) in [6.07, 6.45) is 3.12. The van der Waals surface area contributed by atoms with Crippen LogP contribution in [0.2, 0.25) is 0 Å². The fourth-order valence-corrected chi connectivity index (χ4v) is 2.90. The maximum absolute atomic E-state index is 12.5. The van der Waals surface area contributed by atoms with E-state index in [1.54, 1.807) is 16.7 Å². The molecule has 0 bridgehead atoms. The number of urea groups is 1. The molecule has 0 spiro atoms. The topological polar surface area (TPSA) is 61.9 Å². The Morgan fingerprint density at radius 3 is 2.40 bits per heavy atom. The Balaban J connectivity index is 1.87. The predicted octanol–water partition coefficient (Wildman–Crippen LogP) is 3.64. The molecule has 1 N–H and O–H groups in total. The van der Waals surface area contributed by atoms with Crippen molar-refractivity contribution in [3.8, 4) is 0 Å². The van der Waals surface area contributed by atoms with Gasteiger partial charge in [0.1, 0.15) is 0 Å². The Hall–Kier alpha value is -2.24. The molecule has 1 aliphatic heterocycles. The molecule has 3 amide bonds. The Labute approximate surface area is 150 Å². The summed E-state index contributed by atoms with van der Waals surface area (Å²) in [6.45, 7) is 8.39. The van der Waals surface area contributed by atoms with E-state index in [9.17, 15) is 9.59 Å². The molecule has 1 aliphatic rings. The monoisotopic (exact) mass is 347 g/mol. The fraction of sp³-hybridized carbons (Fsp3) is 0.579. The van der Waals surface area contributed by atoms with Crippen LogP contribution in [0.15, 0.2) is 18.2 Å². The van der Waals surface area contributed by atoms with Crippen LogP contribution in [0.5, 0.6) is 0 Å². The molecule has 0 radical (unpaired) electrons. The Morgan fingerprint density at radius 2 is 1.80 bits per heavy atom. The van der Waals surface area contributed by atoms with Crippen LogP contribution in [-0.4, -0.2) is 54.7 Å². The van der Waals surface area contributed by atoms with E-state index in [1.807, 2.05) is 13.0 Å². The molecule has 2 rings (SSSR count). The third-order valence-corrected chi connectivity index (χ3v) is 4.44. The number of piperazine rings is 1. The van der Waals surface area contributed by atoms with Crippen molar-refractivity contribution in [3.05, 3.63) is 29.3 Å². The molecule has 138 valence electrons. The van der Waals surface area contributed by atoms with Crippen molar-refractivity contribution in [2.24, 2.45) is 0 Å². The zero-order valence-electron chi connectivity index (χ0n) is 15.5. The summed E-state index contributed by atoms with van der Waals surface area (Å²) in [7, 11) is 0. The SMILES string of the molecule is CCCCc1ccc(NC(=O)N2CCN(C(=O)OCC)CC2)c(C)c1. The molecule has 1 heterocycles. The van der Waals surface area contributed by atoms with E-state index in [0.717, 1.165) is 17.7 Å². The molecular formula is C19H29N3O3. The minimum absolute atomic E-state index is 0.118. The van der Waals surface area contributed by atoms with Crippen molar-refractivity contribution >= 4 is 17.8 Å². The number of carbonyl (C=O) groups is 2. The highest BCUT2D eigenvalue weighted by Gasteiger charge is 2.25. The minimum atomic E-state index is -0.305. The summed E-state index contributed by atoms with van der Waals surface area (Å²) in [5.41, 5.74) is 3.23. The standard InChI is InChI=1S/C19H29N3O3/c1-4-6-7-16-8-9-17(15(3)14-16)20-18(23)21-10-12-22(13-11-21)19(24)25-5-2/h8-9,14H,4-7,10-13H2,1-3H3,(H,20,23). The fourth-order valence-electron chi connectivity index (χ4n) is 2.90. The number of nitrogens with one attached hydrogen (secondary N) is 1. The molecule has 0 unspecified atom stereocenters. The highest BCUT2D eigenvalue weighted by molar-refractivity contribution is 5.90. The quantitative estimate of drug-likeness (QED) is 0.884. The van der Waals surface area contributed by atoms with Crippen molar-refractivity contribution in [2.75, 3.05) is 38.1 Å². The van der Waals surface area contributed by atoms with E-state index in [2.05, 4.69) is 24.4 Å². The van der Waals surface area contributed by atoms with Crippen LogP contribution in [0, 0.1) is 6.92 Å². The first-order valence-corrected chi connectivity index (χ1v) is 9.12. The normalized spacial score (nSPS) is 14.4. The van der Waals surface area contributed by atoms with Gasteiger partial charge in [0, 0.05) is 31.9 Å². The lowest BCUT2D eigenvalue weighted by Gasteiger charge is -2.34. The van der Waals surface area contributed by atoms with Crippen molar-refractivity contribution in [2.45, 2.75) is 40.0 Å². The van der Waals surface area contributed by atoms with Gasteiger partial charge in [0.05, 0.1) is 6.61 Å². The molecule has 1 saturated heterocycles. The van der Waals surface area contributed by atoms with Crippen LogP contribution in [0.1, 0.15) is 37.8 Å². The van der Waals surface area contributed by atoms with E-state index < -0.39 is 0 Å². The van der Waals surface area contributed by atoms with Crippen molar-refractivity contribution in [1.29, 1.82) is 0 Å². The number of aryl methyl sites for hydroxylation is 2. The number of rotatable bonds is 5. The smallest absolute Gasteiger partial charge is 0.409 e. The summed E-state index contributed by atoms with van der Waals surface area (Å²) < 4.78 is 5.00. The molecule has 6 nitrogen and oxygen atoms in total. The molecule has 0 atom stereocenters. The lowest BCUT2D eigenvalue weighted by molar-refractivity contribution is 0.0868. The summed E-state index contributed by atoms with van der Waals surface area (Å²) in [6, 6.07) is 6.08. The van der Waals surface area contributed by atoms with E-state index in [1.165, 1.54) is 18.4 Å². The number of anilines is 1. The third kappa shape index (κ3) is 5.37. The highest BCUT2D eigenvalue weighted by atomic mass is 16.6. The van der Waals surface area contributed by atoms with Gasteiger partial charge in [0.2, 0.25) is 0 Å². The van der Waals surface area contributed by atoms with Gasteiger partial charge in [0.15, 0.2) is 0 Å². The largest absolute Gasteiger partial charge is 0.450 e. The first-order chi connectivity index (χ1) is 12.0. The van der Waals surface area contributed by atoms with Crippen molar-refractivity contribution < 1.29 is 14.3 Å². The van der Waals surface area contributed by atoms with Gasteiger partial charge in [-0.05, 0) is 43.9 Å². The van der Waals surface area contributed by atoms with Crippen molar-refractivity contribution in [1.82, 2.24) is 9.80 Å². The number of hydrogen-bond acceptors (Lipinski definition) is 3. The number of hydrogen-bond donors (Lipinski definition) is 1. The second-order valence-electron chi connectivity index (χ2n) is 6.36. The molecule has 1 aromatic carbocycles. The Morgan fingerprint density at radius 1 is 1.12 bits per heavy atom. The second kappa shape index (κ2) is 9.30. The molecule has 0 aromatic heterocycles. The molecule has 0 saturated carbocycles. The number of ether oxygens (including phenoxy) is 1. The van der Waals surface area contributed by atoms with Gasteiger partial charge in [-0.15, -0.1) is 0 Å². The lowest BCUT2D eigenvalue weighted by atomic mass is 10.0. The van der Waals surface area contributed by atoms with E-state index in [4.69, 9.17) is 4.74 Å². The predicted molar refractivity (Wildman–Crippen MR) is 99.0 cm³/mol. The molecule has 6 heteroatoms. The summed E-state index contributed by atoms with van der Waals surface area (Å²) in [4.78, 5) is 27.5. The molecule has 1 fully saturated rings. The van der Waals surface area contributed by atoms with Gasteiger partial charge in [-0.2, -0.15) is 0 Å². The molecular weight excluding hydrogens is 318 g/mol. The average Bonchev–Trinajstić information content (AvgIpc) is 2.62. The first-order valence-electron chi connectivity index (χ1n) is 9.12. The number of benzene rings is 1. The highest BCUT2D eigenvalue weighted by Crippen LogP contribution is 2.19. The third-order valence-electron chi connectivity index (χ3n) is 4.44. The van der Waals surface area contributed by atoms with Gasteiger partial charge >= 0.3 is 12.1 Å². The number of amides is 3. The van der Waals surface area contributed by atoms with E-state index >= 15 is 0 Å². The average molecular weight is 347 g/mol. The Bertz CT molecular complexity index is 596. The van der Waals surface area contributed by atoms with Crippen LogP contribution in [0.25, 0.3) is 0 Å². The Kier molecular flexibility index (Phi) is 7.10. The number of nitrogens with zero attached hydrogens (tertiary/aromatic N) is 2. The van der Waals surface area contributed by atoms with Crippen LogP contribution >= 0.6 is 0 Å². The van der Waals surface area contributed by atoms with Crippen LogP contribution < -0.4 is 5.32 Å². The second-order valence-corrected chi connectivity index (χ2v) is 6.36. The zero-order chi connectivity index (χ0) is 18.2. The molecule has 1 aromatic rings. The molecule has 0 aliphatic carbocycles. The van der Waals surface area contributed by atoms with E-state index in [-0.39, 0.29) is 12.1 Å². The van der Waals surface area contributed by atoms with Gasteiger partial charge in [0.25, 0.3) is 0 Å². The maximum atomic E-state index is 12.5. The maximum Gasteiger partial charge on any atom is 0.409 e. The van der Waals surface area contributed by atoms with Crippen LogP contribution in [-0.2, 0) is 11.2 Å². The van der Waals surface area contributed by atoms with Gasteiger partial charge in [-0.3, -0.25) is 0 Å². The number of carbonyl (C=O) groups excluding carboxylic acids is 2. The summed E-state index contributed by atoms with van der Waals surface area (Å²) in [5.74, 6) is 0. The van der Waals surface area contributed by atoms with E-state index in [0.29, 0.717) is 32.8 Å². The summed E-state index contributed by atoms with van der Waals surface area (Å²) >= 11 is 0. The zero-order valence-corrected chi connectivity index (χ0v) is 15.5. The van der Waals surface area contributed by atoms with Gasteiger partial charge in [-0.25, -0.2) is 9.59 Å². The molecule has 25 heavy (non-hydrogen) atoms. The van der Waals surface area contributed by atoms with Gasteiger partial charge in [-0.1, -0.05) is 25.5 Å². The van der Waals surface area contributed by atoms with Crippen molar-refractivity contribution in [3.63, 3.8) is 0 Å².